The van der Waals surface area contributed by atoms with E-state index in [0.29, 0.717) is 56.3 Å². The third-order valence-corrected chi connectivity index (χ3v) is 17.6. The first-order chi connectivity index (χ1) is 44.9. The number of amides is 12. The van der Waals surface area contributed by atoms with Gasteiger partial charge in [-0.15, -0.1) is 0 Å². The molecule has 2 aromatic carbocycles. The van der Waals surface area contributed by atoms with E-state index in [1.807, 2.05) is 19.9 Å². The van der Waals surface area contributed by atoms with Crippen molar-refractivity contribution in [2.45, 2.75) is 194 Å². The van der Waals surface area contributed by atoms with Crippen LogP contribution in [0.4, 0.5) is 15.3 Å². The molecule has 2 heterocycles. The number of likely N-dealkylation sites (N-methyl/N-ethyl adjacent to an activating group) is 2. The van der Waals surface area contributed by atoms with Crippen LogP contribution in [0.15, 0.2) is 66.7 Å². The first-order valence-corrected chi connectivity index (χ1v) is 32.9. The summed E-state index contributed by atoms with van der Waals surface area (Å²) in [6.07, 6.45) is 3.58. The number of hydrogen-bond donors (Lipinski definition) is 8. The van der Waals surface area contributed by atoms with Crippen LogP contribution in [0.3, 0.4) is 0 Å². The van der Waals surface area contributed by atoms with Gasteiger partial charge in [-0.25, -0.2) is 14.4 Å². The van der Waals surface area contributed by atoms with Gasteiger partial charge in [-0.05, 0) is 85.5 Å². The quantitative estimate of drug-likeness (QED) is 0.0333. The Hall–Kier alpha value is -8.46. The topological polar surface area (TPSA) is 364 Å². The number of likely N-dealkylation sites (tertiary alicyclic amines) is 1. The van der Waals surface area contributed by atoms with Crippen molar-refractivity contribution >= 4 is 76.9 Å². The van der Waals surface area contributed by atoms with Crippen LogP contribution in [0.25, 0.3) is 0 Å². The zero-order chi connectivity index (χ0) is 70.8. The van der Waals surface area contributed by atoms with Crippen molar-refractivity contribution in [3.63, 3.8) is 0 Å². The number of ether oxygens (including phenoxy) is 3. The number of carbonyl (C=O) groups excluding carboxylic acids is 11. The molecule has 1 saturated heterocycles. The van der Waals surface area contributed by atoms with E-state index in [-0.39, 0.29) is 81.4 Å². The van der Waals surface area contributed by atoms with E-state index in [0.717, 1.165) is 15.4 Å². The zero-order valence-electron chi connectivity index (χ0n) is 57.5. The molecule has 0 aliphatic carbocycles. The van der Waals surface area contributed by atoms with E-state index >= 15 is 0 Å². The number of benzene rings is 2. The molecule has 27 heteroatoms. The van der Waals surface area contributed by atoms with Crippen LogP contribution in [-0.2, 0) is 75.2 Å². The normalized spacial score (nSPS) is 16.9. The summed E-state index contributed by atoms with van der Waals surface area (Å²) in [4.78, 5) is 165. The molecule has 0 saturated carbocycles. The Kier molecular flexibility index (Phi) is 32.2. The smallest absolute Gasteiger partial charge is 0.410 e. The lowest BCUT2D eigenvalue weighted by atomic mass is 9.89. The maximum absolute atomic E-state index is 14.8. The van der Waals surface area contributed by atoms with Crippen molar-refractivity contribution in [2.75, 3.05) is 53.3 Å². The Labute approximate surface area is 558 Å². The Morgan fingerprint density at radius 1 is 0.695 bits per heavy atom. The van der Waals surface area contributed by atoms with Gasteiger partial charge in [0.15, 0.2) is 0 Å². The van der Waals surface area contributed by atoms with Crippen molar-refractivity contribution in [3.8, 4) is 0 Å². The highest BCUT2D eigenvalue weighted by molar-refractivity contribution is 6.12. The van der Waals surface area contributed by atoms with E-state index in [2.05, 4.69) is 31.9 Å². The predicted octanol–water partition coefficient (Wildman–Crippen LogP) is 4.65. The number of carboxylic acids is 1. The van der Waals surface area contributed by atoms with Gasteiger partial charge >= 0.3 is 18.1 Å². The lowest BCUT2D eigenvalue weighted by Gasteiger charge is -2.41. The van der Waals surface area contributed by atoms with Gasteiger partial charge in [0, 0.05) is 78.6 Å². The number of unbranched alkanes of at least 4 members (excludes halogenated alkanes) is 2. The molecule has 2 aliphatic heterocycles. The van der Waals surface area contributed by atoms with Crippen molar-refractivity contribution in [2.24, 2.45) is 35.3 Å². The highest BCUT2D eigenvalue weighted by Gasteiger charge is 2.44. The number of anilines is 1. The van der Waals surface area contributed by atoms with Crippen LogP contribution in [0.5, 0.6) is 0 Å². The number of nitrogens with one attached hydrogen (secondary N) is 6. The first-order valence-electron chi connectivity index (χ1n) is 32.9. The largest absolute Gasteiger partial charge is 0.480 e. The number of carboxylic acid groups (broad SMARTS) is 1. The summed E-state index contributed by atoms with van der Waals surface area (Å²) >= 11 is 0. The summed E-state index contributed by atoms with van der Waals surface area (Å²) in [7, 11) is 5.96. The van der Waals surface area contributed by atoms with Crippen molar-refractivity contribution in [3.05, 3.63) is 77.9 Å². The first kappa shape index (κ1) is 79.0. The van der Waals surface area contributed by atoms with Crippen LogP contribution >= 0.6 is 0 Å². The summed E-state index contributed by atoms with van der Waals surface area (Å²) in [5, 5.41) is 26.4. The van der Waals surface area contributed by atoms with Gasteiger partial charge in [0.1, 0.15) is 36.8 Å². The van der Waals surface area contributed by atoms with Crippen LogP contribution < -0.4 is 37.6 Å². The highest BCUT2D eigenvalue weighted by Crippen LogP contribution is 2.30. The molecule has 11 atom stereocenters. The number of aliphatic carboxylic acids is 1. The van der Waals surface area contributed by atoms with Gasteiger partial charge in [0.2, 0.25) is 41.4 Å². The minimum Gasteiger partial charge on any atom is -0.480 e. The maximum atomic E-state index is 14.8. The molecule has 0 bridgehead atoms. The molecule has 1 unspecified atom stereocenters. The van der Waals surface area contributed by atoms with Gasteiger partial charge in [-0.3, -0.25) is 53.0 Å². The molecule has 27 nitrogen and oxygen atoms in total. The molecule has 12 amide bonds. The summed E-state index contributed by atoms with van der Waals surface area (Å²) in [6.45, 7) is 16.6. The van der Waals surface area contributed by atoms with Crippen molar-refractivity contribution in [1.29, 1.82) is 0 Å². The molecule has 1 fully saturated rings. The van der Waals surface area contributed by atoms with Crippen LogP contribution in [-0.4, -0.2) is 198 Å². The number of methoxy groups -OCH3 is 2. The third-order valence-electron chi connectivity index (χ3n) is 17.6. The SMILES string of the molecule is CC[C@H](C)[C@@H]([C@@H](CC(=O)N1CCC[C@H]1[C@H](OC)[C@@H](C)C(=O)N[C@@H](Cc1ccccc1)C(=O)O)OC)N(C)C(=O)[C@@H](NC(=O)[C@H](C(C)C)N(C)C(=O)OCc1ccc(NC(=O)[C@H](CCCNC(N)=O)NC(=O)C(NC(=O)CCCCCN2C(=O)C=CC2=O)C(C)C)cc1)C(C)C. The molecule has 0 aromatic heterocycles. The molecule has 2 aromatic rings. The number of urea groups is 1. The van der Waals surface area contributed by atoms with Gasteiger partial charge < -0.3 is 66.8 Å². The highest BCUT2D eigenvalue weighted by atomic mass is 16.6. The fourth-order valence-electron chi connectivity index (χ4n) is 12.0. The molecular weight excluding hydrogens is 1230 g/mol. The number of imide groups is 1. The third kappa shape index (κ3) is 23.8. The van der Waals surface area contributed by atoms with Crippen LogP contribution in [0.1, 0.15) is 138 Å². The van der Waals surface area contributed by atoms with E-state index < -0.39 is 126 Å². The second-order valence-corrected chi connectivity index (χ2v) is 25.7. The summed E-state index contributed by atoms with van der Waals surface area (Å²) in [5.41, 5.74) is 6.83. The van der Waals surface area contributed by atoms with Crippen molar-refractivity contribution < 1.29 is 76.9 Å². The minimum atomic E-state index is -1.19. The second-order valence-electron chi connectivity index (χ2n) is 25.7. The number of nitrogens with two attached hydrogens (primary N) is 1. The van der Waals surface area contributed by atoms with Gasteiger partial charge in [-0.1, -0.05) is 118 Å². The Balaban J connectivity index is 1.38. The summed E-state index contributed by atoms with van der Waals surface area (Å²) in [6, 6.07) is 7.86. The number of hydrogen-bond acceptors (Lipinski definition) is 15. The molecule has 95 heavy (non-hydrogen) atoms. The number of primary amides is 1. The van der Waals surface area contributed by atoms with Gasteiger partial charge in [-0.2, -0.15) is 0 Å². The molecule has 4 rings (SSSR count). The molecule has 0 radical (unpaired) electrons. The number of carbonyl (C=O) groups is 12. The lowest BCUT2D eigenvalue weighted by Crippen LogP contribution is -2.60. The van der Waals surface area contributed by atoms with E-state index in [1.165, 1.54) is 38.3 Å². The average Bonchev–Trinajstić information content (AvgIpc) is 1.81. The molecule has 0 spiro atoms. The van der Waals surface area contributed by atoms with Crippen molar-refractivity contribution in [1.82, 2.24) is 46.2 Å². The number of nitrogens with zero attached hydrogens (tertiary/aromatic N) is 4. The van der Waals surface area contributed by atoms with Gasteiger partial charge in [0.05, 0.1) is 36.6 Å². The molecular formula is C68H103N11O16. The molecule has 526 valence electrons. The monoisotopic (exact) mass is 1330 g/mol. The Morgan fingerprint density at radius 2 is 1.33 bits per heavy atom. The Bertz CT molecular complexity index is 2950. The van der Waals surface area contributed by atoms with Crippen LogP contribution in [0.2, 0.25) is 0 Å². The predicted molar refractivity (Wildman–Crippen MR) is 354 cm³/mol. The van der Waals surface area contributed by atoms with E-state index in [9.17, 15) is 62.6 Å². The fraction of sp³-hybridized carbons (Fsp3) is 0.618. The van der Waals surface area contributed by atoms with Crippen LogP contribution in [0, 0.1) is 29.6 Å². The van der Waals surface area contributed by atoms with E-state index in [4.69, 9.17) is 19.9 Å². The molecule has 9 N–H and O–H groups in total. The van der Waals surface area contributed by atoms with Gasteiger partial charge in [0.25, 0.3) is 11.8 Å². The summed E-state index contributed by atoms with van der Waals surface area (Å²) < 4.78 is 17.7. The van der Waals surface area contributed by atoms with E-state index in [1.54, 1.807) is 109 Å². The average molecular weight is 1330 g/mol. The standard InChI is InChI=1S/C68H103N11O16/c1-14-43(8)59(51(93-12)38-55(83)78-36-22-26-50(78)60(94-13)44(9)61(84)73-49(66(89)90)37-45-23-17-15-18-24-45)76(10)65(88)57(41(4)5)75-64(87)58(42(6)7)77(11)68(92)95-39-46-28-30-47(31-29-46)71-62(85)48(25-21-34-70-67(69)91)72-63(86)56(40(2)3)74-52(80)27-19-16-20-35-79-53(81)32-33-54(79)82/h15,17-18,23-24,28-33,40-44,48-51,56-60H,14,16,19-22,25-27,34-39H2,1-13H3,(H,71,85)(H,72,86)(H,73,84)(H,74,80)(H,75,87)(H,89,90)(H3,69,70,91)/t43-,44+,48-,49-,50-,51+,56?,57-,58-,59-,60+/m0/s1. The molecule has 2 aliphatic rings. The number of rotatable bonds is 39. The fourth-order valence-corrected chi connectivity index (χ4v) is 12.0. The zero-order valence-corrected chi connectivity index (χ0v) is 57.5. The maximum Gasteiger partial charge on any atom is 0.410 e. The Morgan fingerprint density at radius 3 is 1.89 bits per heavy atom. The minimum absolute atomic E-state index is 0.0752. The summed E-state index contributed by atoms with van der Waals surface area (Å²) in [5.74, 6) is -7.74. The lowest BCUT2D eigenvalue weighted by molar-refractivity contribution is -0.148. The second kappa shape index (κ2) is 38.8.